The maximum absolute atomic E-state index is 12.5. The Morgan fingerprint density at radius 2 is 1.85 bits per heavy atom. The summed E-state index contributed by atoms with van der Waals surface area (Å²) in [5, 5.41) is 22.6. The normalized spacial score (nSPS) is 24.1. The van der Waals surface area contributed by atoms with Crippen LogP contribution in [0.25, 0.3) is 0 Å². The van der Waals surface area contributed by atoms with Crippen LogP contribution in [-0.2, 0) is 4.74 Å². The van der Waals surface area contributed by atoms with Gasteiger partial charge in [-0.1, -0.05) is 43.7 Å². The summed E-state index contributed by atoms with van der Waals surface area (Å²) in [6.45, 7) is 6.01. The van der Waals surface area contributed by atoms with Crippen LogP contribution in [0.4, 0.5) is 13.2 Å². The predicted octanol–water partition coefficient (Wildman–Crippen LogP) is 3.90. The first-order valence-corrected chi connectivity index (χ1v) is 9.58. The lowest BCUT2D eigenvalue weighted by molar-refractivity contribution is -0.136. The number of rotatable bonds is 7. The third-order valence-electron chi connectivity index (χ3n) is 4.53. The average molecular weight is 391 g/mol. The molecule has 0 spiro atoms. The fourth-order valence-corrected chi connectivity index (χ4v) is 3.05. The van der Waals surface area contributed by atoms with Crippen LogP contribution in [0.1, 0.15) is 56.7 Å². The summed E-state index contributed by atoms with van der Waals surface area (Å²) in [6, 6.07) is 6.96. The zero-order valence-electron chi connectivity index (χ0n) is 16.3. The molecule has 0 radical (unpaired) electrons. The smallest absolute Gasteiger partial charge is 0.389 e. The topological polar surface area (TPSA) is 61.7 Å². The number of aryl methyl sites for hydroxylation is 1. The van der Waals surface area contributed by atoms with Gasteiger partial charge in [0, 0.05) is 18.9 Å². The number of ether oxygens (including phenoxy) is 1. The van der Waals surface area contributed by atoms with Crippen molar-refractivity contribution in [1.82, 2.24) is 5.32 Å². The van der Waals surface area contributed by atoms with Crippen LogP contribution in [0.2, 0.25) is 0 Å². The zero-order chi connectivity index (χ0) is 20.4. The molecule has 0 amide bonds. The summed E-state index contributed by atoms with van der Waals surface area (Å²) in [6.07, 6.45) is -5.46. The van der Waals surface area contributed by atoms with Gasteiger partial charge in [-0.2, -0.15) is 13.2 Å². The maximum Gasteiger partial charge on any atom is 0.389 e. The molecule has 1 fully saturated rings. The highest BCUT2D eigenvalue weighted by molar-refractivity contribution is 5.24. The van der Waals surface area contributed by atoms with Gasteiger partial charge in [-0.15, -0.1) is 0 Å². The second-order valence-electron chi connectivity index (χ2n) is 6.68. The molecule has 1 aromatic rings. The average Bonchev–Trinajstić information content (AvgIpc) is 2.63. The second-order valence-corrected chi connectivity index (χ2v) is 6.68. The summed E-state index contributed by atoms with van der Waals surface area (Å²) in [5.74, 6) is 0. The largest absolute Gasteiger partial charge is 0.394 e. The molecule has 27 heavy (non-hydrogen) atoms. The van der Waals surface area contributed by atoms with Crippen LogP contribution in [0.15, 0.2) is 24.3 Å². The Kier molecular flexibility index (Phi) is 10.3. The highest BCUT2D eigenvalue weighted by atomic mass is 19.4. The molecule has 0 aliphatic carbocycles. The van der Waals surface area contributed by atoms with Crippen LogP contribution in [-0.4, -0.2) is 47.9 Å². The van der Waals surface area contributed by atoms with Crippen LogP contribution in [0.5, 0.6) is 0 Å². The highest BCUT2D eigenvalue weighted by Gasteiger charge is 2.32. The Morgan fingerprint density at radius 3 is 2.37 bits per heavy atom. The summed E-state index contributed by atoms with van der Waals surface area (Å²) in [4.78, 5) is 0. The molecule has 7 heteroatoms. The van der Waals surface area contributed by atoms with Gasteiger partial charge in [0.15, 0.2) is 0 Å². The van der Waals surface area contributed by atoms with Gasteiger partial charge in [0.25, 0.3) is 0 Å². The lowest BCUT2D eigenvalue weighted by Gasteiger charge is -2.36. The van der Waals surface area contributed by atoms with Crippen molar-refractivity contribution in [1.29, 1.82) is 0 Å². The highest BCUT2D eigenvalue weighted by Crippen LogP contribution is 2.28. The summed E-state index contributed by atoms with van der Waals surface area (Å²) >= 11 is 0. The third kappa shape index (κ3) is 8.60. The number of hydrogen-bond donors (Lipinski definition) is 3. The van der Waals surface area contributed by atoms with Crippen LogP contribution >= 0.6 is 0 Å². The molecule has 4 atom stereocenters. The van der Waals surface area contributed by atoms with Gasteiger partial charge in [-0.25, -0.2) is 0 Å². The van der Waals surface area contributed by atoms with Gasteiger partial charge in [0.05, 0.1) is 31.5 Å². The first-order valence-electron chi connectivity index (χ1n) is 9.58. The predicted molar refractivity (Wildman–Crippen MR) is 99.5 cm³/mol. The van der Waals surface area contributed by atoms with E-state index in [4.69, 9.17) is 9.84 Å². The molecule has 2 rings (SSSR count). The van der Waals surface area contributed by atoms with E-state index >= 15 is 0 Å². The molecular formula is C20H32F3NO3. The van der Waals surface area contributed by atoms with Crippen molar-refractivity contribution in [2.24, 2.45) is 0 Å². The minimum absolute atomic E-state index is 0.0119. The Bertz CT molecular complexity index is 522. The summed E-state index contributed by atoms with van der Waals surface area (Å²) < 4.78 is 42.9. The zero-order valence-corrected chi connectivity index (χ0v) is 16.3. The van der Waals surface area contributed by atoms with Crippen molar-refractivity contribution in [2.75, 3.05) is 13.2 Å². The van der Waals surface area contributed by atoms with E-state index in [1.165, 1.54) is 0 Å². The lowest BCUT2D eigenvalue weighted by atomic mass is 9.96. The molecule has 4 nitrogen and oxygen atoms in total. The summed E-state index contributed by atoms with van der Waals surface area (Å²) in [7, 11) is 0. The van der Waals surface area contributed by atoms with Crippen LogP contribution < -0.4 is 5.32 Å². The maximum atomic E-state index is 12.5. The molecule has 2 unspecified atom stereocenters. The van der Waals surface area contributed by atoms with Crippen molar-refractivity contribution in [3.8, 4) is 0 Å². The van der Waals surface area contributed by atoms with Crippen molar-refractivity contribution in [3.05, 3.63) is 35.4 Å². The quantitative estimate of drug-likeness (QED) is 0.660. The molecule has 1 aromatic carbocycles. The van der Waals surface area contributed by atoms with Gasteiger partial charge in [-0.3, -0.25) is 0 Å². The van der Waals surface area contributed by atoms with Gasteiger partial charge in [0.1, 0.15) is 0 Å². The van der Waals surface area contributed by atoms with Gasteiger partial charge < -0.3 is 20.3 Å². The van der Waals surface area contributed by atoms with E-state index in [1.807, 2.05) is 45.0 Å². The van der Waals surface area contributed by atoms with Gasteiger partial charge in [0.2, 0.25) is 0 Å². The molecule has 1 saturated heterocycles. The van der Waals surface area contributed by atoms with Gasteiger partial charge in [-0.05, 0) is 25.3 Å². The number of nitrogens with one attached hydrogen (secondary N) is 1. The minimum atomic E-state index is -4.17. The van der Waals surface area contributed by atoms with Crippen molar-refractivity contribution >= 4 is 0 Å². The van der Waals surface area contributed by atoms with E-state index in [9.17, 15) is 18.3 Å². The first-order chi connectivity index (χ1) is 12.8. The number of halogens is 3. The molecule has 0 aromatic heterocycles. The number of alkyl halides is 3. The lowest BCUT2D eigenvalue weighted by Crippen LogP contribution is -2.51. The van der Waals surface area contributed by atoms with Crippen molar-refractivity contribution < 1.29 is 28.1 Å². The molecule has 0 saturated carbocycles. The van der Waals surface area contributed by atoms with E-state index in [2.05, 4.69) is 5.32 Å². The summed E-state index contributed by atoms with van der Waals surface area (Å²) in [5.41, 5.74) is 1.97. The Morgan fingerprint density at radius 1 is 1.22 bits per heavy atom. The molecule has 3 N–H and O–H groups in total. The molecule has 1 heterocycles. The molecule has 156 valence electrons. The Balaban J connectivity index is 0.00000176. The van der Waals surface area contributed by atoms with E-state index < -0.39 is 24.8 Å². The molecular weight excluding hydrogens is 359 g/mol. The number of hydrogen-bond acceptors (Lipinski definition) is 4. The van der Waals surface area contributed by atoms with E-state index in [0.29, 0.717) is 12.8 Å². The van der Waals surface area contributed by atoms with Crippen molar-refractivity contribution in [2.45, 2.75) is 76.9 Å². The Labute approximate surface area is 159 Å². The van der Waals surface area contributed by atoms with Gasteiger partial charge >= 0.3 is 6.18 Å². The first kappa shape index (κ1) is 23.9. The Hall–Kier alpha value is -1.15. The number of benzene rings is 1. The second kappa shape index (κ2) is 11.6. The molecule has 1 aliphatic heterocycles. The minimum Gasteiger partial charge on any atom is -0.394 e. The fourth-order valence-electron chi connectivity index (χ4n) is 3.05. The van der Waals surface area contributed by atoms with Crippen molar-refractivity contribution in [3.63, 3.8) is 0 Å². The SMILES string of the molecule is CC.Cc1ccc(C(CCCC(F)(F)F)NC2CO[C@H](CO)C[C@@H]2O)cc1. The van der Waals surface area contributed by atoms with Crippen LogP contribution in [0.3, 0.4) is 0 Å². The van der Waals surface area contributed by atoms with E-state index in [1.54, 1.807) is 0 Å². The van der Waals surface area contributed by atoms with Crippen LogP contribution in [0, 0.1) is 6.92 Å². The van der Waals surface area contributed by atoms with E-state index in [-0.39, 0.29) is 31.7 Å². The number of aliphatic hydroxyl groups is 2. The standard InChI is InChI=1S/C18H26F3NO3.C2H6/c1-12-4-6-13(7-5-12)15(3-2-8-18(19,20)21)22-16-11-25-14(10-23)9-17(16)24;1-2/h4-7,14-17,22-24H,2-3,8-11H2,1H3;1-2H3/t14-,15?,16?,17-;/m0./s1. The molecule has 0 bridgehead atoms. The fraction of sp³-hybridized carbons (Fsp3) is 0.700. The third-order valence-corrected chi connectivity index (χ3v) is 4.53. The van der Waals surface area contributed by atoms with E-state index in [0.717, 1.165) is 11.1 Å². The molecule has 1 aliphatic rings. The monoisotopic (exact) mass is 391 g/mol. The number of aliphatic hydroxyl groups excluding tert-OH is 2.